The molecule has 0 saturated carbocycles. The molecule has 4 nitrogen and oxygen atoms in total. The smallest absolute Gasteiger partial charge is 0.151 e. The van der Waals surface area contributed by atoms with Crippen LogP contribution in [-0.4, -0.2) is 30.9 Å². The van der Waals surface area contributed by atoms with E-state index in [4.69, 9.17) is 5.73 Å². The number of sulfone groups is 1. The van der Waals surface area contributed by atoms with Crippen molar-refractivity contribution >= 4 is 9.84 Å². The van der Waals surface area contributed by atoms with E-state index in [1.54, 1.807) is 12.4 Å². The van der Waals surface area contributed by atoms with E-state index in [0.717, 1.165) is 5.56 Å². The first-order chi connectivity index (χ1) is 7.08. The molecule has 2 unspecified atom stereocenters. The van der Waals surface area contributed by atoms with Gasteiger partial charge in [-0.25, -0.2) is 8.42 Å². The summed E-state index contributed by atoms with van der Waals surface area (Å²) in [5.74, 6) is 0.491. The van der Waals surface area contributed by atoms with Crippen molar-refractivity contribution in [1.82, 2.24) is 4.98 Å². The molecule has 0 aliphatic carbocycles. The van der Waals surface area contributed by atoms with E-state index in [0.29, 0.717) is 6.42 Å². The fourth-order valence-corrected chi connectivity index (χ4v) is 3.64. The molecule has 2 N–H and O–H groups in total. The number of aromatic nitrogens is 1. The Morgan fingerprint density at radius 1 is 1.33 bits per heavy atom. The second kappa shape index (κ2) is 3.90. The molecule has 5 heteroatoms. The van der Waals surface area contributed by atoms with Crippen LogP contribution in [0.1, 0.15) is 17.9 Å². The third-order valence-electron chi connectivity index (χ3n) is 2.84. The summed E-state index contributed by atoms with van der Waals surface area (Å²) < 4.78 is 22.7. The van der Waals surface area contributed by atoms with Crippen molar-refractivity contribution in [2.45, 2.75) is 18.4 Å². The highest BCUT2D eigenvalue weighted by Crippen LogP contribution is 2.27. The lowest BCUT2D eigenvalue weighted by molar-refractivity contribution is 0.505. The van der Waals surface area contributed by atoms with Gasteiger partial charge in [0.25, 0.3) is 0 Å². The predicted octanol–water partition coefficient (Wildman–Crippen LogP) is 0.311. The first-order valence-electron chi connectivity index (χ1n) is 4.94. The second-order valence-electron chi connectivity index (χ2n) is 3.95. The van der Waals surface area contributed by atoms with Crippen molar-refractivity contribution in [3.05, 3.63) is 30.1 Å². The van der Waals surface area contributed by atoms with Crippen molar-refractivity contribution < 1.29 is 8.42 Å². The minimum absolute atomic E-state index is 0.0972. The molecule has 0 amide bonds. The minimum Gasteiger partial charge on any atom is -0.326 e. The van der Waals surface area contributed by atoms with Crippen LogP contribution in [0.5, 0.6) is 0 Å². The highest BCUT2D eigenvalue weighted by Gasteiger charge is 2.31. The molecule has 2 atom stereocenters. The highest BCUT2D eigenvalue weighted by molar-refractivity contribution is 7.91. The van der Waals surface area contributed by atoms with Gasteiger partial charge in [-0.3, -0.25) is 4.98 Å². The molecule has 0 spiro atoms. The molecule has 0 bridgehead atoms. The lowest BCUT2D eigenvalue weighted by Gasteiger charge is -2.28. The van der Waals surface area contributed by atoms with Crippen LogP contribution < -0.4 is 5.73 Å². The Morgan fingerprint density at radius 2 is 2.00 bits per heavy atom. The Balaban J connectivity index is 2.20. The van der Waals surface area contributed by atoms with Crippen LogP contribution in [0.3, 0.4) is 0 Å². The molecule has 1 aromatic heterocycles. The molecular weight excluding hydrogens is 212 g/mol. The first-order valence-corrected chi connectivity index (χ1v) is 6.76. The van der Waals surface area contributed by atoms with Crippen molar-refractivity contribution in [2.24, 2.45) is 5.73 Å². The van der Waals surface area contributed by atoms with Gasteiger partial charge in [-0.15, -0.1) is 0 Å². The maximum Gasteiger partial charge on any atom is 0.151 e. The monoisotopic (exact) mass is 226 g/mol. The fraction of sp³-hybridized carbons (Fsp3) is 0.500. The zero-order chi connectivity index (χ0) is 10.9. The summed E-state index contributed by atoms with van der Waals surface area (Å²) in [6, 6.07) is 3.52. The predicted molar refractivity (Wildman–Crippen MR) is 58.2 cm³/mol. The summed E-state index contributed by atoms with van der Waals surface area (Å²) in [5.41, 5.74) is 6.98. The van der Waals surface area contributed by atoms with E-state index in [1.165, 1.54) is 0 Å². The average Bonchev–Trinajstić information content (AvgIpc) is 2.17. The zero-order valence-corrected chi connectivity index (χ0v) is 9.15. The SMILES string of the molecule is NC1CS(=O)(=O)CCC1c1ccncc1. The number of rotatable bonds is 1. The molecule has 15 heavy (non-hydrogen) atoms. The van der Waals surface area contributed by atoms with Gasteiger partial charge in [0.1, 0.15) is 0 Å². The van der Waals surface area contributed by atoms with Crippen LogP contribution >= 0.6 is 0 Å². The van der Waals surface area contributed by atoms with E-state index >= 15 is 0 Å². The van der Waals surface area contributed by atoms with Crippen LogP contribution in [0.4, 0.5) is 0 Å². The van der Waals surface area contributed by atoms with Gasteiger partial charge in [0.2, 0.25) is 0 Å². The Morgan fingerprint density at radius 3 is 2.60 bits per heavy atom. The maximum absolute atomic E-state index is 11.3. The number of nitrogens with two attached hydrogens (primary N) is 1. The van der Waals surface area contributed by atoms with Gasteiger partial charge < -0.3 is 5.73 Å². The first kappa shape index (κ1) is 10.6. The molecule has 1 aromatic rings. The van der Waals surface area contributed by atoms with E-state index in [1.807, 2.05) is 12.1 Å². The van der Waals surface area contributed by atoms with Crippen LogP contribution in [-0.2, 0) is 9.84 Å². The number of pyridine rings is 1. The molecule has 1 fully saturated rings. The molecule has 1 aliphatic heterocycles. The van der Waals surface area contributed by atoms with Crippen LogP contribution in [0, 0.1) is 0 Å². The van der Waals surface area contributed by atoms with Gasteiger partial charge in [0.15, 0.2) is 9.84 Å². The standard InChI is InChI=1S/C10H14N2O2S/c11-10-7-15(13,14)6-3-9(10)8-1-4-12-5-2-8/h1-2,4-5,9-10H,3,6-7,11H2. The molecular formula is C10H14N2O2S. The number of hydrogen-bond acceptors (Lipinski definition) is 4. The lowest BCUT2D eigenvalue weighted by Crippen LogP contribution is -2.41. The molecule has 0 aromatic carbocycles. The third-order valence-corrected chi connectivity index (χ3v) is 4.59. The maximum atomic E-state index is 11.3. The van der Waals surface area contributed by atoms with Gasteiger partial charge in [-0.1, -0.05) is 0 Å². The van der Waals surface area contributed by atoms with Crippen LogP contribution in [0.2, 0.25) is 0 Å². The Bertz CT molecular complexity index is 430. The van der Waals surface area contributed by atoms with E-state index in [2.05, 4.69) is 4.98 Å². The normalized spacial score (nSPS) is 29.9. The summed E-state index contributed by atoms with van der Waals surface area (Å²) in [4.78, 5) is 3.93. The summed E-state index contributed by atoms with van der Waals surface area (Å²) in [6.07, 6.45) is 4.05. The van der Waals surface area contributed by atoms with Crippen molar-refractivity contribution in [3.63, 3.8) is 0 Å². The zero-order valence-electron chi connectivity index (χ0n) is 8.33. The molecule has 82 valence electrons. The topological polar surface area (TPSA) is 73.1 Å². The van der Waals surface area contributed by atoms with Crippen LogP contribution in [0.15, 0.2) is 24.5 Å². The minimum atomic E-state index is -2.91. The second-order valence-corrected chi connectivity index (χ2v) is 6.18. The Hall–Kier alpha value is -0.940. The van der Waals surface area contributed by atoms with Gasteiger partial charge in [-0.2, -0.15) is 0 Å². The summed E-state index contributed by atoms with van der Waals surface area (Å²) in [7, 11) is -2.91. The molecule has 1 aliphatic rings. The summed E-state index contributed by atoms with van der Waals surface area (Å²) >= 11 is 0. The van der Waals surface area contributed by atoms with Gasteiger partial charge in [0.05, 0.1) is 11.5 Å². The van der Waals surface area contributed by atoms with Gasteiger partial charge in [-0.05, 0) is 24.1 Å². The highest BCUT2D eigenvalue weighted by atomic mass is 32.2. The molecule has 1 saturated heterocycles. The average molecular weight is 226 g/mol. The lowest BCUT2D eigenvalue weighted by atomic mass is 9.91. The number of hydrogen-bond donors (Lipinski definition) is 1. The number of nitrogens with zero attached hydrogens (tertiary/aromatic N) is 1. The summed E-state index contributed by atoms with van der Waals surface area (Å²) in [6.45, 7) is 0. The quantitative estimate of drug-likeness (QED) is 0.748. The fourth-order valence-electron chi connectivity index (χ4n) is 2.04. The summed E-state index contributed by atoms with van der Waals surface area (Å²) in [5, 5.41) is 0. The van der Waals surface area contributed by atoms with E-state index in [-0.39, 0.29) is 23.5 Å². The van der Waals surface area contributed by atoms with Crippen LogP contribution in [0.25, 0.3) is 0 Å². The molecule has 2 heterocycles. The van der Waals surface area contributed by atoms with Crippen molar-refractivity contribution in [2.75, 3.05) is 11.5 Å². The Kier molecular flexibility index (Phi) is 2.75. The van der Waals surface area contributed by atoms with Gasteiger partial charge in [0, 0.05) is 24.4 Å². The van der Waals surface area contributed by atoms with E-state index < -0.39 is 9.84 Å². The third kappa shape index (κ3) is 2.35. The Labute approximate surface area is 89.4 Å². The van der Waals surface area contributed by atoms with Crippen molar-refractivity contribution in [1.29, 1.82) is 0 Å². The molecule has 2 rings (SSSR count). The molecule has 0 radical (unpaired) electrons. The van der Waals surface area contributed by atoms with Gasteiger partial charge >= 0.3 is 0 Å². The van der Waals surface area contributed by atoms with Crippen molar-refractivity contribution in [3.8, 4) is 0 Å². The largest absolute Gasteiger partial charge is 0.326 e. The van der Waals surface area contributed by atoms with E-state index in [9.17, 15) is 8.42 Å².